The zero-order chi connectivity index (χ0) is 7.82. The second-order valence-electron chi connectivity index (χ2n) is 1.74. The van der Waals surface area contributed by atoms with Gasteiger partial charge in [-0.3, -0.25) is 0 Å². The molecule has 0 heterocycles. The topological polar surface area (TPSA) is 18.5 Å². The van der Waals surface area contributed by atoms with E-state index in [1.807, 2.05) is 12.5 Å². The molecule has 0 aromatic rings. The molecular weight excluding hydrogens is 168 g/mol. The first-order valence-corrected chi connectivity index (χ1v) is 5.50. The second kappa shape index (κ2) is 7.72. The summed E-state index contributed by atoms with van der Waals surface area (Å²) < 4.78 is 10.4. The van der Waals surface area contributed by atoms with E-state index in [0.29, 0.717) is 6.61 Å². The Balaban J connectivity index is 3.21. The first-order valence-electron chi connectivity index (χ1n) is 3.20. The minimum atomic E-state index is 0.238. The second-order valence-corrected chi connectivity index (χ2v) is 2.84. The summed E-state index contributed by atoms with van der Waals surface area (Å²) in [6.07, 6.45) is 5.07. The van der Waals surface area contributed by atoms with Crippen molar-refractivity contribution in [2.24, 2.45) is 0 Å². The van der Waals surface area contributed by atoms with Gasteiger partial charge >= 0.3 is 0 Å². The van der Waals surface area contributed by atoms with E-state index in [9.17, 15) is 0 Å². The number of hydrogen-bond acceptors (Lipinski definition) is 4. The molecule has 0 aromatic carbocycles. The molecule has 0 aliphatic carbocycles. The largest absolute Gasteiger partial charge is 0.313 e. The van der Waals surface area contributed by atoms with Crippen LogP contribution < -0.4 is 0 Å². The average molecular weight is 182 g/mol. The maximum atomic E-state index is 5.27. The van der Waals surface area contributed by atoms with E-state index in [1.54, 1.807) is 0 Å². The van der Waals surface area contributed by atoms with E-state index in [0.717, 1.165) is 6.42 Å². The third-order valence-corrected chi connectivity index (χ3v) is 1.90. The summed E-state index contributed by atoms with van der Waals surface area (Å²) in [4.78, 5) is 0. The Hall–Kier alpha value is 0.620. The molecule has 0 aromatic heterocycles. The van der Waals surface area contributed by atoms with Crippen LogP contribution in [-0.2, 0) is 8.37 Å². The Morgan fingerprint density at radius 1 is 1.30 bits per heavy atom. The third kappa shape index (κ3) is 5.41. The third-order valence-electron chi connectivity index (χ3n) is 1.06. The van der Waals surface area contributed by atoms with Gasteiger partial charge in [-0.2, -0.15) is 0 Å². The first kappa shape index (κ1) is 10.6. The van der Waals surface area contributed by atoms with E-state index in [-0.39, 0.29) is 6.10 Å². The summed E-state index contributed by atoms with van der Waals surface area (Å²) in [7, 11) is 0. The van der Waals surface area contributed by atoms with E-state index in [1.165, 1.54) is 24.1 Å². The Morgan fingerprint density at radius 2 is 2.00 bits per heavy atom. The number of hydrogen-bond donors (Lipinski definition) is 0. The molecule has 0 rings (SSSR count). The maximum absolute atomic E-state index is 5.27. The van der Waals surface area contributed by atoms with Crippen LogP contribution in [0.25, 0.3) is 0 Å². The molecule has 0 N–H and O–H groups in total. The Bertz CT molecular complexity index is 70.8. The minimum Gasteiger partial charge on any atom is -0.313 e. The Labute approximate surface area is 71.5 Å². The molecule has 0 aliphatic rings. The Morgan fingerprint density at radius 3 is 2.40 bits per heavy atom. The predicted octanol–water partition coefficient (Wildman–Crippen LogP) is 2.35. The van der Waals surface area contributed by atoms with Crippen LogP contribution in [0.4, 0.5) is 0 Å². The first-order chi connectivity index (χ1) is 4.85. The van der Waals surface area contributed by atoms with E-state index in [2.05, 4.69) is 6.92 Å². The summed E-state index contributed by atoms with van der Waals surface area (Å²) >= 11 is 2.78. The van der Waals surface area contributed by atoms with Gasteiger partial charge in [-0.25, -0.2) is 0 Å². The minimum absolute atomic E-state index is 0.238. The van der Waals surface area contributed by atoms with Gasteiger partial charge in [-0.1, -0.05) is 6.92 Å². The highest BCUT2D eigenvalue weighted by atomic mass is 32.2. The van der Waals surface area contributed by atoms with Gasteiger partial charge in [-0.15, -0.1) is 0 Å². The highest BCUT2D eigenvalue weighted by Crippen LogP contribution is 2.09. The molecule has 0 bridgehead atoms. The molecule has 0 saturated heterocycles. The molecule has 0 radical (unpaired) electrons. The summed E-state index contributed by atoms with van der Waals surface area (Å²) in [5.74, 6) is 0. The summed E-state index contributed by atoms with van der Waals surface area (Å²) in [5, 5.41) is 0. The van der Waals surface area contributed by atoms with Crippen molar-refractivity contribution in [3.63, 3.8) is 0 Å². The van der Waals surface area contributed by atoms with Crippen molar-refractivity contribution in [1.82, 2.24) is 0 Å². The van der Waals surface area contributed by atoms with Gasteiger partial charge in [-0.05, 0) is 30.5 Å². The lowest BCUT2D eigenvalue weighted by molar-refractivity contribution is 0.163. The summed E-state index contributed by atoms with van der Waals surface area (Å²) in [6.45, 7) is 2.77. The van der Waals surface area contributed by atoms with Crippen LogP contribution in [0, 0.1) is 0 Å². The van der Waals surface area contributed by atoms with Gasteiger partial charge in [0.1, 0.15) is 0 Å². The van der Waals surface area contributed by atoms with Crippen molar-refractivity contribution in [2.75, 3.05) is 19.1 Å². The van der Waals surface area contributed by atoms with Crippen molar-refractivity contribution in [3.05, 3.63) is 0 Å². The normalized spacial score (nSPS) is 13.5. The molecule has 0 amide bonds. The fraction of sp³-hybridized carbons (Fsp3) is 1.00. The van der Waals surface area contributed by atoms with Gasteiger partial charge in [0.2, 0.25) is 0 Å². The molecular formula is C6H14O2S2. The van der Waals surface area contributed by atoms with Crippen LogP contribution >= 0.6 is 24.1 Å². The predicted molar refractivity (Wildman–Crippen MR) is 48.1 cm³/mol. The van der Waals surface area contributed by atoms with E-state index in [4.69, 9.17) is 8.37 Å². The highest BCUT2D eigenvalue weighted by Gasteiger charge is 2.05. The number of rotatable bonds is 6. The molecule has 0 saturated carbocycles. The van der Waals surface area contributed by atoms with Crippen molar-refractivity contribution >= 4 is 24.1 Å². The molecule has 2 nitrogen and oxygen atoms in total. The fourth-order valence-corrected chi connectivity index (χ4v) is 1.25. The average Bonchev–Trinajstić information content (AvgIpc) is 1.98. The van der Waals surface area contributed by atoms with Crippen molar-refractivity contribution in [2.45, 2.75) is 19.4 Å². The highest BCUT2D eigenvalue weighted by molar-refractivity contribution is 7.94. The summed E-state index contributed by atoms with van der Waals surface area (Å²) in [5.41, 5.74) is 0. The lowest BCUT2D eigenvalue weighted by Crippen LogP contribution is -2.13. The lowest BCUT2D eigenvalue weighted by Gasteiger charge is -2.11. The SMILES string of the molecule is CCC(COSC)OSC. The molecule has 0 spiro atoms. The summed E-state index contributed by atoms with van der Waals surface area (Å²) in [6, 6.07) is 0. The van der Waals surface area contributed by atoms with Gasteiger partial charge in [0.15, 0.2) is 0 Å². The van der Waals surface area contributed by atoms with Gasteiger partial charge in [0.25, 0.3) is 0 Å². The zero-order valence-corrected chi connectivity index (χ0v) is 8.26. The quantitative estimate of drug-likeness (QED) is 0.587. The van der Waals surface area contributed by atoms with Crippen LogP contribution in [0.2, 0.25) is 0 Å². The van der Waals surface area contributed by atoms with Crippen LogP contribution in [0.3, 0.4) is 0 Å². The molecule has 0 fully saturated rings. The monoisotopic (exact) mass is 182 g/mol. The van der Waals surface area contributed by atoms with Crippen LogP contribution in [0.5, 0.6) is 0 Å². The van der Waals surface area contributed by atoms with Crippen LogP contribution in [0.1, 0.15) is 13.3 Å². The van der Waals surface area contributed by atoms with Crippen molar-refractivity contribution < 1.29 is 8.37 Å². The van der Waals surface area contributed by atoms with Gasteiger partial charge < -0.3 is 8.37 Å². The Kier molecular flexibility index (Phi) is 8.20. The molecule has 62 valence electrons. The van der Waals surface area contributed by atoms with Gasteiger partial charge in [0.05, 0.1) is 12.7 Å². The van der Waals surface area contributed by atoms with Gasteiger partial charge in [0, 0.05) is 12.5 Å². The lowest BCUT2D eigenvalue weighted by atomic mass is 10.3. The standard InChI is InChI=1S/C6H14O2S2/c1-4-6(8-10-3)5-7-9-2/h6H,4-5H2,1-3H3. The fourth-order valence-electron chi connectivity index (χ4n) is 0.494. The molecule has 1 atom stereocenters. The molecule has 4 heteroatoms. The van der Waals surface area contributed by atoms with Crippen molar-refractivity contribution in [1.29, 1.82) is 0 Å². The van der Waals surface area contributed by atoms with Crippen LogP contribution in [0.15, 0.2) is 0 Å². The molecule has 0 aliphatic heterocycles. The van der Waals surface area contributed by atoms with Crippen LogP contribution in [-0.4, -0.2) is 25.2 Å². The maximum Gasteiger partial charge on any atom is 0.0965 e. The van der Waals surface area contributed by atoms with E-state index < -0.39 is 0 Å². The molecule has 1 unspecified atom stereocenters. The molecule has 10 heavy (non-hydrogen) atoms. The zero-order valence-electron chi connectivity index (χ0n) is 6.62. The van der Waals surface area contributed by atoms with E-state index >= 15 is 0 Å². The van der Waals surface area contributed by atoms with Crippen molar-refractivity contribution in [3.8, 4) is 0 Å². The smallest absolute Gasteiger partial charge is 0.0965 e.